The van der Waals surface area contributed by atoms with E-state index in [-0.39, 0.29) is 11.0 Å². The predicted molar refractivity (Wildman–Crippen MR) is 80.9 cm³/mol. The number of nitrogens with one attached hydrogen (secondary N) is 2. The molecule has 20 heavy (non-hydrogen) atoms. The molecule has 2 rings (SSSR count). The molecule has 0 heterocycles. The average Bonchev–Trinajstić information content (AvgIpc) is 2.49. The minimum atomic E-state index is -0.272. The van der Waals surface area contributed by atoms with Gasteiger partial charge < -0.3 is 0 Å². The van der Waals surface area contributed by atoms with E-state index in [2.05, 4.69) is 10.8 Å². The molecule has 0 spiro atoms. The molecule has 0 bridgehead atoms. The van der Waals surface area contributed by atoms with Crippen molar-refractivity contribution in [3.8, 4) is 0 Å². The first-order valence-electron chi connectivity index (χ1n) is 6.08. The van der Waals surface area contributed by atoms with Crippen molar-refractivity contribution in [1.82, 2.24) is 10.8 Å². The third-order valence-corrected chi connectivity index (χ3v) is 2.69. The molecule has 1 amide bonds. The number of benzene rings is 2. The third kappa shape index (κ3) is 4.46. The molecule has 0 saturated carbocycles. The van der Waals surface area contributed by atoms with E-state index in [0.29, 0.717) is 12.2 Å². The molecule has 0 saturated heterocycles. The topological polar surface area (TPSA) is 50.4 Å². The highest BCUT2D eigenvalue weighted by Crippen LogP contribution is 1.99. The lowest BCUT2D eigenvalue weighted by molar-refractivity contribution is 0.0692. The van der Waals surface area contributed by atoms with Crippen LogP contribution in [0, 0.1) is 0 Å². The van der Waals surface area contributed by atoms with Crippen LogP contribution >= 0.6 is 12.2 Å². The number of rotatable bonds is 4. The van der Waals surface area contributed by atoms with Crippen molar-refractivity contribution in [3.63, 3.8) is 0 Å². The third-order valence-electron chi connectivity index (χ3n) is 2.51. The van der Waals surface area contributed by atoms with Crippen LogP contribution in [0.25, 0.3) is 0 Å². The summed E-state index contributed by atoms with van der Waals surface area (Å²) < 4.78 is 0. The summed E-state index contributed by atoms with van der Waals surface area (Å²) in [5, 5.41) is 2.67. The van der Waals surface area contributed by atoms with Crippen LogP contribution in [-0.4, -0.2) is 11.0 Å². The van der Waals surface area contributed by atoms with Gasteiger partial charge in [0.25, 0.3) is 5.91 Å². The van der Waals surface area contributed by atoms with Crippen LogP contribution in [0.5, 0.6) is 0 Å². The van der Waals surface area contributed by atoms with Crippen molar-refractivity contribution in [2.75, 3.05) is 0 Å². The van der Waals surface area contributed by atoms with Gasteiger partial charge in [-0.2, -0.15) is 0 Å². The summed E-state index contributed by atoms with van der Waals surface area (Å²) >= 11 is 4.98. The van der Waals surface area contributed by atoms with Gasteiger partial charge >= 0.3 is 0 Å². The molecule has 0 aliphatic heterocycles. The lowest BCUT2D eigenvalue weighted by Crippen LogP contribution is -2.39. The minimum Gasteiger partial charge on any atom is -0.297 e. The second-order valence-electron chi connectivity index (χ2n) is 4.03. The Balaban J connectivity index is 1.74. The standard InChI is InChI=1S/C15H14N2O2S/c18-14(13-9-5-2-6-10-13)16-15(20)17-19-11-12-7-3-1-4-8-12/h1-10H,11H2,(H2,16,17,18,20). The maximum Gasteiger partial charge on any atom is 0.257 e. The van der Waals surface area contributed by atoms with E-state index >= 15 is 0 Å². The SMILES string of the molecule is O=C(NC(=S)NOCc1ccccc1)c1ccccc1. The number of carbonyl (C=O) groups excluding carboxylic acids is 1. The van der Waals surface area contributed by atoms with E-state index in [9.17, 15) is 4.79 Å². The number of hydrogen-bond acceptors (Lipinski definition) is 3. The first kappa shape index (κ1) is 14.2. The quantitative estimate of drug-likeness (QED) is 0.669. The monoisotopic (exact) mass is 286 g/mol. The van der Waals surface area contributed by atoms with E-state index in [1.54, 1.807) is 24.3 Å². The highest BCUT2D eigenvalue weighted by molar-refractivity contribution is 7.80. The zero-order chi connectivity index (χ0) is 14.2. The second-order valence-corrected chi connectivity index (χ2v) is 4.43. The van der Waals surface area contributed by atoms with Crippen LogP contribution in [0.2, 0.25) is 0 Å². The summed E-state index contributed by atoms with van der Waals surface area (Å²) in [5.74, 6) is -0.272. The van der Waals surface area contributed by atoms with Crippen LogP contribution in [-0.2, 0) is 11.4 Å². The van der Waals surface area contributed by atoms with E-state index < -0.39 is 0 Å². The maximum atomic E-state index is 11.8. The molecule has 0 aliphatic carbocycles. The molecule has 0 unspecified atom stereocenters. The number of amides is 1. The van der Waals surface area contributed by atoms with E-state index in [0.717, 1.165) is 5.56 Å². The Kier molecular flexibility index (Phi) is 5.23. The highest BCUT2D eigenvalue weighted by atomic mass is 32.1. The summed E-state index contributed by atoms with van der Waals surface area (Å²) in [7, 11) is 0. The van der Waals surface area contributed by atoms with Gasteiger partial charge in [0.2, 0.25) is 0 Å². The van der Waals surface area contributed by atoms with Gasteiger partial charge in [0.1, 0.15) is 0 Å². The average molecular weight is 286 g/mol. The molecular formula is C15H14N2O2S. The molecule has 0 aromatic heterocycles. The van der Waals surface area contributed by atoms with Crippen molar-refractivity contribution in [3.05, 3.63) is 71.8 Å². The lowest BCUT2D eigenvalue weighted by atomic mass is 10.2. The van der Waals surface area contributed by atoms with E-state index in [4.69, 9.17) is 17.1 Å². The summed E-state index contributed by atoms with van der Waals surface area (Å²) in [4.78, 5) is 17.0. The van der Waals surface area contributed by atoms with Crippen molar-refractivity contribution in [2.24, 2.45) is 0 Å². The largest absolute Gasteiger partial charge is 0.297 e. The lowest BCUT2D eigenvalue weighted by Gasteiger charge is -2.09. The fourth-order valence-electron chi connectivity index (χ4n) is 1.55. The summed E-state index contributed by atoms with van der Waals surface area (Å²) in [6, 6.07) is 18.5. The first-order chi connectivity index (χ1) is 9.75. The van der Waals surface area contributed by atoms with Gasteiger partial charge in [0, 0.05) is 5.56 Å². The minimum absolute atomic E-state index is 0.134. The van der Waals surface area contributed by atoms with E-state index in [1.807, 2.05) is 36.4 Å². The predicted octanol–water partition coefficient (Wildman–Crippen LogP) is 2.42. The molecule has 4 nitrogen and oxygen atoms in total. The highest BCUT2D eigenvalue weighted by Gasteiger charge is 2.06. The Morgan fingerprint density at radius 1 is 1.00 bits per heavy atom. The molecule has 0 fully saturated rings. The molecule has 2 aromatic carbocycles. The molecule has 2 aromatic rings. The van der Waals surface area contributed by atoms with Gasteiger partial charge in [-0.1, -0.05) is 48.5 Å². The van der Waals surface area contributed by atoms with Crippen molar-refractivity contribution < 1.29 is 9.63 Å². The van der Waals surface area contributed by atoms with Gasteiger partial charge in [-0.3, -0.25) is 14.9 Å². The zero-order valence-corrected chi connectivity index (χ0v) is 11.5. The fourth-order valence-corrected chi connectivity index (χ4v) is 1.70. The van der Waals surface area contributed by atoms with Crippen molar-refractivity contribution in [2.45, 2.75) is 6.61 Å². The number of carbonyl (C=O) groups is 1. The van der Waals surface area contributed by atoms with Crippen LogP contribution in [0.15, 0.2) is 60.7 Å². The van der Waals surface area contributed by atoms with Gasteiger partial charge in [-0.25, -0.2) is 5.48 Å². The molecule has 0 atom stereocenters. The summed E-state index contributed by atoms with van der Waals surface area (Å²) in [6.45, 7) is 0.363. The Morgan fingerprint density at radius 3 is 2.25 bits per heavy atom. The van der Waals surface area contributed by atoms with Crippen LogP contribution in [0.4, 0.5) is 0 Å². The van der Waals surface area contributed by atoms with Gasteiger partial charge in [0.15, 0.2) is 5.11 Å². The van der Waals surface area contributed by atoms with Gasteiger partial charge in [-0.05, 0) is 29.9 Å². The van der Waals surface area contributed by atoms with Crippen LogP contribution < -0.4 is 10.8 Å². The van der Waals surface area contributed by atoms with Crippen LogP contribution in [0.3, 0.4) is 0 Å². The first-order valence-corrected chi connectivity index (χ1v) is 6.48. The molecule has 0 aliphatic rings. The second kappa shape index (κ2) is 7.37. The fraction of sp³-hybridized carbons (Fsp3) is 0.0667. The van der Waals surface area contributed by atoms with Crippen molar-refractivity contribution >= 4 is 23.2 Å². The maximum absolute atomic E-state index is 11.8. The molecule has 5 heteroatoms. The summed E-state index contributed by atoms with van der Waals surface area (Å²) in [6.07, 6.45) is 0. The normalized spacial score (nSPS) is 9.80. The van der Waals surface area contributed by atoms with Crippen LogP contribution in [0.1, 0.15) is 15.9 Å². The Bertz CT molecular complexity index is 573. The van der Waals surface area contributed by atoms with E-state index in [1.165, 1.54) is 0 Å². The van der Waals surface area contributed by atoms with Gasteiger partial charge in [0.05, 0.1) is 6.61 Å². The Morgan fingerprint density at radius 2 is 1.60 bits per heavy atom. The molecular weight excluding hydrogens is 272 g/mol. The molecule has 2 N–H and O–H groups in total. The molecule has 102 valence electrons. The smallest absolute Gasteiger partial charge is 0.257 e. The molecule has 0 radical (unpaired) electrons. The zero-order valence-electron chi connectivity index (χ0n) is 10.7. The summed E-state index contributed by atoms with van der Waals surface area (Å²) in [5.41, 5.74) is 4.08. The van der Waals surface area contributed by atoms with Gasteiger partial charge in [-0.15, -0.1) is 0 Å². The number of hydrogen-bond donors (Lipinski definition) is 2. The Labute approximate surface area is 122 Å². The number of hydroxylamine groups is 1. The Hall–Kier alpha value is -2.24. The van der Waals surface area contributed by atoms with Crippen molar-refractivity contribution in [1.29, 1.82) is 0 Å². The number of thiocarbonyl (C=S) groups is 1.